The van der Waals surface area contributed by atoms with E-state index in [4.69, 9.17) is 4.74 Å². The minimum Gasteiger partial charge on any atom is -0.492 e. The zero-order chi connectivity index (χ0) is 20.8. The first-order chi connectivity index (χ1) is 13.9. The predicted octanol–water partition coefficient (Wildman–Crippen LogP) is 5.17. The fraction of sp³-hybridized carbons (Fsp3) is 0.240. The number of likely N-dealkylation sites (N-methyl/N-ethyl adjacent to an activating group) is 1. The topological polar surface area (TPSA) is 29.5 Å². The lowest BCUT2D eigenvalue weighted by Crippen LogP contribution is -2.19. The molecule has 0 bridgehead atoms. The van der Waals surface area contributed by atoms with Gasteiger partial charge in [-0.2, -0.15) is 0 Å². The number of ketones is 1. The van der Waals surface area contributed by atoms with Gasteiger partial charge in [-0.15, -0.1) is 0 Å². The summed E-state index contributed by atoms with van der Waals surface area (Å²) in [6.45, 7) is 3.32. The van der Waals surface area contributed by atoms with Crippen LogP contribution < -0.4 is 4.74 Å². The van der Waals surface area contributed by atoms with E-state index < -0.39 is 0 Å². The van der Waals surface area contributed by atoms with Crippen LogP contribution in [0.2, 0.25) is 0 Å². The number of carbonyl (C=O) groups excluding carboxylic acids is 1. The predicted molar refractivity (Wildman–Crippen MR) is 115 cm³/mol. The van der Waals surface area contributed by atoms with Gasteiger partial charge in [0, 0.05) is 18.5 Å². The fourth-order valence-corrected chi connectivity index (χ4v) is 3.22. The lowest BCUT2D eigenvalue weighted by molar-refractivity contribution is 0.0993. The lowest BCUT2D eigenvalue weighted by Gasteiger charge is -2.13. The molecule has 0 aromatic heterocycles. The maximum atomic E-state index is 13.5. The van der Waals surface area contributed by atoms with E-state index in [-0.39, 0.29) is 18.0 Å². The molecule has 0 fully saturated rings. The summed E-state index contributed by atoms with van der Waals surface area (Å²) in [7, 11) is 3.99. The molecule has 0 unspecified atom stereocenters. The van der Waals surface area contributed by atoms with Gasteiger partial charge in [-0.05, 0) is 79.7 Å². The van der Waals surface area contributed by atoms with E-state index in [9.17, 15) is 9.18 Å². The summed E-state index contributed by atoms with van der Waals surface area (Å²) >= 11 is 0. The molecule has 0 amide bonds. The number of hydrogen-bond donors (Lipinski definition) is 0. The van der Waals surface area contributed by atoms with Gasteiger partial charge >= 0.3 is 0 Å². The average molecular weight is 391 g/mol. The zero-order valence-corrected chi connectivity index (χ0v) is 17.1. The minimum atomic E-state index is -0.257. The van der Waals surface area contributed by atoms with Crippen molar-refractivity contribution < 1.29 is 13.9 Å². The third kappa shape index (κ3) is 5.52. The number of rotatable bonds is 8. The molecule has 0 saturated carbocycles. The second kappa shape index (κ2) is 9.48. The van der Waals surface area contributed by atoms with Crippen molar-refractivity contribution >= 4 is 5.78 Å². The number of halogens is 1. The number of hydrogen-bond acceptors (Lipinski definition) is 3. The summed E-state index contributed by atoms with van der Waals surface area (Å²) < 4.78 is 19.2. The molecule has 3 aromatic rings. The lowest BCUT2D eigenvalue weighted by atomic mass is 9.92. The first-order valence-electron chi connectivity index (χ1n) is 9.69. The van der Waals surface area contributed by atoms with Gasteiger partial charge in [-0.1, -0.05) is 30.3 Å². The summed E-state index contributed by atoms with van der Waals surface area (Å²) in [4.78, 5) is 14.9. The first kappa shape index (κ1) is 20.7. The average Bonchev–Trinajstić information content (AvgIpc) is 2.69. The van der Waals surface area contributed by atoms with Gasteiger partial charge in [-0.3, -0.25) is 4.79 Å². The fourth-order valence-electron chi connectivity index (χ4n) is 3.22. The molecule has 0 spiro atoms. The van der Waals surface area contributed by atoms with Crippen molar-refractivity contribution in [3.63, 3.8) is 0 Å². The van der Waals surface area contributed by atoms with E-state index in [2.05, 4.69) is 4.90 Å². The van der Waals surface area contributed by atoms with Crippen molar-refractivity contribution in [2.75, 3.05) is 27.2 Å². The molecule has 0 aliphatic heterocycles. The third-order valence-corrected chi connectivity index (χ3v) is 4.83. The van der Waals surface area contributed by atoms with Crippen LogP contribution in [0, 0.1) is 12.7 Å². The van der Waals surface area contributed by atoms with Crippen LogP contribution in [0.3, 0.4) is 0 Å². The van der Waals surface area contributed by atoms with Crippen molar-refractivity contribution in [2.45, 2.75) is 13.3 Å². The highest BCUT2D eigenvalue weighted by Crippen LogP contribution is 2.28. The Morgan fingerprint density at radius 3 is 2.38 bits per heavy atom. The summed E-state index contributed by atoms with van der Waals surface area (Å²) in [5, 5.41) is 0. The summed E-state index contributed by atoms with van der Waals surface area (Å²) in [6, 6.07) is 19.8. The van der Waals surface area contributed by atoms with E-state index in [1.807, 2.05) is 57.4 Å². The third-order valence-electron chi connectivity index (χ3n) is 4.83. The molecule has 3 aromatic carbocycles. The standard InChI is InChI=1S/C25H26FNO2/c1-18-16-21(26)10-13-23(18)24-7-5-4-6-20(24)17-25(28)19-8-11-22(12-9-19)29-15-14-27(2)3/h4-13,16H,14-15,17H2,1-3H3. The Balaban J connectivity index is 1.74. The molecule has 4 heteroatoms. The molecule has 3 rings (SSSR count). The molecule has 29 heavy (non-hydrogen) atoms. The highest BCUT2D eigenvalue weighted by atomic mass is 19.1. The van der Waals surface area contributed by atoms with Gasteiger partial charge in [0.1, 0.15) is 18.2 Å². The number of ether oxygens (including phenoxy) is 1. The van der Waals surface area contributed by atoms with Crippen molar-refractivity contribution in [1.82, 2.24) is 4.90 Å². The Kier molecular flexibility index (Phi) is 6.78. The van der Waals surface area contributed by atoms with Gasteiger partial charge < -0.3 is 9.64 Å². The molecular weight excluding hydrogens is 365 g/mol. The van der Waals surface area contributed by atoms with E-state index >= 15 is 0 Å². The van der Waals surface area contributed by atoms with Crippen LogP contribution in [0.5, 0.6) is 5.75 Å². The van der Waals surface area contributed by atoms with Crippen LogP contribution in [-0.2, 0) is 6.42 Å². The normalized spacial score (nSPS) is 10.9. The van der Waals surface area contributed by atoms with E-state index in [0.717, 1.165) is 34.5 Å². The quantitative estimate of drug-likeness (QED) is 0.496. The number of benzene rings is 3. The molecule has 0 heterocycles. The van der Waals surface area contributed by atoms with Crippen LogP contribution >= 0.6 is 0 Å². The van der Waals surface area contributed by atoms with Crippen LogP contribution in [0.4, 0.5) is 4.39 Å². The molecule has 150 valence electrons. The summed E-state index contributed by atoms with van der Waals surface area (Å²) in [5.41, 5.74) is 4.33. The molecule has 0 aliphatic rings. The van der Waals surface area contributed by atoms with Crippen LogP contribution in [0.1, 0.15) is 21.5 Å². The van der Waals surface area contributed by atoms with Crippen LogP contribution in [-0.4, -0.2) is 37.9 Å². The Labute approximate surface area is 171 Å². The summed E-state index contributed by atoms with van der Waals surface area (Å²) in [5.74, 6) is 0.537. The molecule has 0 N–H and O–H groups in total. The van der Waals surface area contributed by atoms with E-state index in [0.29, 0.717) is 12.2 Å². The monoisotopic (exact) mass is 391 g/mol. The molecule has 0 aliphatic carbocycles. The van der Waals surface area contributed by atoms with Crippen molar-refractivity contribution in [3.05, 3.63) is 89.2 Å². The number of nitrogens with zero attached hydrogens (tertiary/aromatic N) is 1. The Bertz CT molecular complexity index is 980. The van der Waals surface area contributed by atoms with E-state index in [1.54, 1.807) is 18.2 Å². The SMILES string of the molecule is Cc1cc(F)ccc1-c1ccccc1CC(=O)c1ccc(OCCN(C)C)cc1. The minimum absolute atomic E-state index is 0.0389. The molecule has 0 radical (unpaired) electrons. The highest BCUT2D eigenvalue weighted by Gasteiger charge is 2.13. The Morgan fingerprint density at radius 2 is 1.69 bits per heavy atom. The maximum Gasteiger partial charge on any atom is 0.167 e. The number of Topliss-reactive ketones (excluding diaryl/α,β-unsaturated/α-hetero) is 1. The zero-order valence-electron chi connectivity index (χ0n) is 17.1. The molecular formula is C25H26FNO2. The highest BCUT2D eigenvalue weighted by molar-refractivity contribution is 5.98. The van der Waals surface area contributed by atoms with Crippen molar-refractivity contribution in [2.24, 2.45) is 0 Å². The van der Waals surface area contributed by atoms with Crippen LogP contribution in [0.25, 0.3) is 11.1 Å². The number of carbonyl (C=O) groups is 1. The van der Waals surface area contributed by atoms with Gasteiger partial charge in [0.25, 0.3) is 0 Å². The molecule has 0 atom stereocenters. The largest absolute Gasteiger partial charge is 0.492 e. The van der Waals surface area contributed by atoms with Crippen molar-refractivity contribution in [1.29, 1.82) is 0 Å². The summed E-state index contributed by atoms with van der Waals surface area (Å²) in [6.07, 6.45) is 0.286. The van der Waals surface area contributed by atoms with Gasteiger partial charge in [0.05, 0.1) is 0 Å². The molecule has 0 saturated heterocycles. The van der Waals surface area contributed by atoms with Crippen molar-refractivity contribution in [3.8, 4) is 16.9 Å². The smallest absolute Gasteiger partial charge is 0.167 e. The van der Waals surface area contributed by atoms with Gasteiger partial charge in [0.2, 0.25) is 0 Å². The Morgan fingerprint density at radius 1 is 0.966 bits per heavy atom. The first-order valence-corrected chi connectivity index (χ1v) is 9.69. The maximum absolute atomic E-state index is 13.5. The second-order valence-corrected chi connectivity index (χ2v) is 7.39. The second-order valence-electron chi connectivity index (χ2n) is 7.39. The molecule has 3 nitrogen and oxygen atoms in total. The van der Waals surface area contributed by atoms with Crippen LogP contribution in [0.15, 0.2) is 66.7 Å². The Hall–Kier alpha value is -2.98. The van der Waals surface area contributed by atoms with Gasteiger partial charge in [0.15, 0.2) is 5.78 Å². The van der Waals surface area contributed by atoms with Gasteiger partial charge in [-0.25, -0.2) is 4.39 Å². The number of aryl methyl sites for hydroxylation is 1. The van der Waals surface area contributed by atoms with E-state index in [1.165, 1.54) is 12.1 Å².